The molecule has 22 heavy (non-hydrogen) atoms. The molecule has 0 amide bonds. The van der Waals surface area contributed by atoms with Crippen molar-refractivity contribution in [2.75, 3.05) is 19.0 Å². The van der Waals surface area contributed by atoms with E-state index in [1.165, 1.54) is 6.07 Å². The van der Waals surface area contributed by atoms with E-state index in [0.717, 1.165) is 12.1 Å². The second-order valence-corrected chi connectivity index (χ2v) is 5.27. The summed E-state index contributed by atoms with van der Waals surface area (Å²) in [5.41, 5.74) is 0.268. The quantitative estimate of drug-likeness (QED) is 0.812. The zero-order chi connectivity index (χ0) is 16.4. The molecule has 1 unspecified atom stereocenters. The highest BCUT2D eigenvalue weighted by Crippen LogP contribution is 2.32. The average Bonchev–Trinajstić information content (AvgIpc) is 2.46. The molecule has 7 heteroatoms. The molecule has 0 radical (unpaired) electrons. The fourth-order valence-corrected chi connectivity index (χ4v) is 2.20. The zero-order valence-corrected chi connectivity index (χ0v) is 13.0. The molecule has 1 heterocycles. The van der Waals surface area contributed by atoms with E-state index >= 15 is 0 Å². The van der Waals surface area contributed by atoms with Gasteiger partial charge in [-0.3, -0.25) is 0 Å². The van der Waals surface area contributed by atoms with Crippen LogP contribution in [0.25, 0.3) is 0 Å². The second kappa shape index (κ2) is 6.24. The Kier molecular flexibility index (Phi) is 4.57. The summed E-state index contributed by atoms with van der Waals surface area (Å²) in [6.45, 7) is 1.61. The predicted octanol–water partition coefficient (Wildman–Crippen LogP) is 3.44. The molecule has 1 aromatic carbocycles. The molecular formula is C15H13ClF2N4. The van der Waals surface area contributed by atoms with Gasteiger partial charge in [-0.25, -0.2) is 18.7 Å². The van der Waals surface area contributed by atoms with Crippen LogP contribution in [-0.2, 0) is 0 Å². The number of aromatic nitrogens is 2. The predicted molar refractivity (Wildman–Crippen MR) is 79.9 cm³/mol. The molecule has 0 bridgehead atoms. The third-order valence-corrected chi connectivity index (χ3v) is 3.57. The fraction of sp³-hybridized carbons (Fsp3) is 0.267. The van der Waals surface area contributed by atoms with Gasteiger partial charge in [-0.1, -0.05) is 17.7 Å². The Labute approximate surface area is 132 Å². The minimum absolute atomic E-state index is 0.144. The van der Waals surface area contributed by atoms with E-state index in [4.69, 9.17) is 11.6 Å². The Bertz CT molecular complexity index is 736. The number of benzene rings is 1. The third kappa shape index (κ3) is 2.85. The lowest BCUT2D eigenvalue weighted by Crippen LogP contribution is -2.17. The average molecular weight is 323 g/mol. The first-order chi connectivity index (χ1) is 10.4. The van der Waals surface area contributed by atoms with Gasteiger partial charge >= 0.3 is 0 Å². The number of halogens is 3. The smallest absolute Gasteiger partial charge is 0.226 e. The fourth-order valence-electron chi connectivity index (χ4n) is 2.02. The van der Waals surface area contributed by atoms with Gasteiger partial charge in [-0.2, -0.15) is 5.26 Å². The summed E-state index contributed by atoms with van der Waals surface area (Å²) < 4.78 is 28.0. The molecule has 0 saturated heterocycles. The number of nitrogens with zero attached hydrogens (tertiary/aromatic N) is 4. The molecule has 0 N–H and O–H groups in total. The monoisotopic (exact) mass is 322 g/mol. The molecule has 2 rings (SSSR count). The first-order valence-corrected chi connectivity index (χ1v) is 6.79. The van der Waals surface area contributed by atoms with Crippen molar-refractivity contribution in [2.24, 2.45) is 0 Å². The second-order valence-electron chi connectivity index (χ2n) is 4.92. The van der Waals surface area contributed by atoms with Crippen molar-refractivity contribution in [1.82, 2.24) is 9.97 Å². The van der Waals surface area contributed by atoms with Crippen LogP contribution in [0.3, 0.4) is 0 Å². The molecule has 1 atom stereocenters. The van der Waals surface area contributed by atoms with Crippen molar-refractivity contribution in [3.63, 3.8) is 0 Å². The summed E-state index contributed by atoms with van der Waals surface area (Å²) in [6, 6.07) is 5.36. The summed E-state index contributed by atoms with van der Waals surface area (Å²) in [6.07, 6.45) is 0. The van der Waals surface area contributed by atoms with Gasteiger partial charge in [0.05, 0.1) is 11.8 Å². The Balaban J connectivity index is 2.70. The van der Waals surface area contributed by atoms with Crippen LogP contribution in [0.15, 0.2) is 18.2 Å². The van der Waals surface area contributed by atoms with E-state index in [1.807, 2.05) is 6.07 Å². The third-order valence-electron chi connectivity index (χ3n) is 3.20. The molecule has 0 aliphatic heterocycles. The number of rotatable bonds is 3. The number of hydrogen-bond acceptors (Lipinski definition) is 4. The maximum absolute atomic E-state index is 14.0. The van der Waals surface area contributed by atoms with Gasteiger partial charge in [0.15, 0.2) is 0 Å². The molecule has 0 aliphatic carbocycles. The molecule has 0 saturated carbocycles. The van der Waals surface area contributed by atoms with Crippen LogP contribution in [0.1, 0.15) is 22.7 Å². The highest BCUT2D eigenvalue weighted by atomic mass is 35.5. The Hall–Kier alpha value is -2.26. The summed E-state index contributed by atoms with van der Waals surface area (Å²) in [5, 5.41) is 9.57. The van der Waals surface area contributed by atoms with E-state index in [1.54, 1.807) is 25.9 Å². The Morgan fingerprint density at radius 3 is 2.32 bits per heavy atom. The first-order valence-electron chi connectivity index (χ1n) is 6.41. The summed E-state index contributed by atoms with van der Waals surface area (Å²) in [7, 11) is 3.41. The van der Waals surface area contributed by atoms with Crippen molar-refractivity contribution in [2.45, 2.75) is 12.8 Å². The van der Waals surface area contributed by atoms with Crippen LogP contribution in [0.2, 0.25) is 5.15 Å². The van der Waals surface area contributed by atoms with Crippen LogP contribution < -0.4 is 4.90 Å². The molecule has 1 aromatic heterocycles. The lowest BCUT2D eigenvalue weighted by atomic mass is 9.93. The Morgan fingerprint density at radius 1 is 1.23 bits per heavy atom. The van der Waals surface area contributed by atoms with Crippen LogP contribution in [0.4, 0.5) is 14.7 Å². The highest BCUT2D eigenvalue weighted by molar-refractivity contribution is 6.30. The minimum Gasteiger partial charge on any atom is -0.347 e. The van der Waals surface area contributed by atoms with Crippen molar-refractivity contribution in [1.29, 1.82) is 5.26 Å². The van der Waals surface area contributed by atoms with Crippen LogP contribution in [0, 0.1) is 29.9 Å². The molecule has 2 aromatic rings. The molecule has 0 fully saturated rings. The van der Waals surface area contributed by atoms with Gasteiger partial charge in [-0.05, 0) is 19.1 Å². The van der Waals surface area contributed by atoms with E-state index in [9.17, 15) is 14.0 Å². The summed E-state index contributed by atoms with van der Waals surface area (Å²) in [5.74, 6) is -2.54. The first kappa shape index (κ1) is 16.1. The lowest BCUT2D eigenvalue weighted by Gasteiger charge is -2.17. The normalized spacial score (nSPS) is 11.9. The van der Waals surface area contributed by atoms with Gasteiger partial charge in [0.25, 0.3) is 0 Å². The Morgan fingerprint density at radius 2 is 1.82 bits per heavy atom. The maximum Gasteiger partial charge on any atom is 0.226 e. The SMILES string of the molecule is Cc1c(Cl)nc(N(C)C)nc1C(C#N)c1c(F)cccc1F. The van der Waals surface area contributed by atoms with Crippen molar-refractivity contribution in [3.05, 3.63) is 51.8 Å². The van der Waals surface area contributed by atoms with Crippen LogP contribution >= 0.6 is 11.6 Å². The number of nitriles is 1. The van der Waals surface area contributed by atoms with E-state index in [0.29, 0.717) is 5.56 Å². The molecule has 114 valence electrons. The number of hydrogen-bond donors (Lipinski definition) is 0. The van der Waals surface area contributed by atoms with Gasteiger partial charge < -0.3 is 4.90 Å². The van der Waals surface area contributed by atoms with Gasteiger partial charge in [0.2, 0.25) is 5.95 Å². The van der Waals surface area contributed by atoms with Crippen molar-refractivity contribution >= 4 is 17.5 Å². The molecule has 4 nitrogen and oxygen atoms in total. The molecular weight excluding hydrogens is 310 g/mol. The zero-order valence-electron chi connectivity index (χ0n) is 12.2. The molecule has 0 spiro atoms. The number of anilines is 1. The van der Waals surface area contributed by atoms with E-state index in [-0.39, 0.29) is 22.4 Å². The lowest BCUT2D eigenvalue weighted by molar-refractivity contribution is 0.553. The van der Waals surface area contributed by atoms with Gasteiger partial charge in [0.1, 0.15) is 22.7 Å². The maximum atomic E-state index is 14.0. The summed E-state index contributed by atoms with van der Waals surface area (Å²) in [4.78, 5) is 9.91. The highest BCUT2D eigenvalue weighted by Gasteiger charge is 2.26. The summed E-state index contributed by atoms with van der Waals surface area (Å²) >= 11 is 6.06. The van der Waals surface area contributed by atoms with Crippen molar-refractivity contribution in [3.8, 4) is 6.07 Å². The van der Waals surface area contributed by atoms with Crippen LogP contribution in [-0.4, -0.2) is 24.1 Å². The topological polar surface area (TPSA) is 52.8 Å². The van der Waals surface area contributed by atoms with E-state index < -0.39 is 17.6 Å². The van der Waals surface area contributed by atoms with Gasteiger partial charge in [0, 0.05) is 25.2 Å². The van der Waals surface area contributed by atoms with Crippen molar-refractivity contribution < 1.29 is 8.78 Å². The van der Waals surface area contributed by atoms with Crippen LogP contribution in [0.5, 0.6) is 0 Å². The largest absolute Gasteiger partial charge is 0.347 e. The van der Waals surface area contributed by atoms with Gasteiger partial charge in [-0.15, -0.1) is 0 Å². The molecule has 0 aliphatic rings. The van der Waals surface area contributed by atoms with E-state index in [2.05, 4.69) is 9.97 Å². The minimum atomic E-state index is -1.21. The standard InChI is InChI=1S/C15H13ClF2N4/c1-8-13(20-15(22(2)3)21-14(8)16)9(7-19)12-10(17)5-4-6-11(12)18/h4-6,9H,1-3H3.